The Labute approximate surface area is 115 Å². The second kappa shape index (κ2) is 6.22. The third kappa shape index (κ3) is 3.37. The fourth-order valence-electron chi connectivity index (χ4n) is 3.08. The SMILES string of the molecule is CC(C)=CCN1C(=O)CNC(=O)C1C1CCCCC1. The Balaban J connectivity index is 2.14. The van der Waals surface area contributed by atoms with Gasteiger partial charge in [-0.15, -0.1) is 0 Å². The highest BCUT2D eigenvalue weighted by atomic mass is 16.2. The molecule has 4 heteroatoms. The van der Waals surface area contributed by atoms with Gasteiger partial charge in [-0.2, -0.15) is 0 Å². The molecule has 106 valence electrons. The zero-order valence-electron chi connectivity index (χ0n) is 11.9. The quantitative estimate of drug-likeness (QED) is 0.791. The van der Waals surface area contributed by atoms with Gasteiger partial charge in [-0.05, 0) is 32.6 Å². The van der Waals surface area contributed by atoms with Gasteiger partial charge in [-0.25, -0.2) is 0 Å². The number of hydrogen-bond donors (Lipinski definition) is 1. The summed E-state index contributed by atoms with van der Waals surface area (Å²) in [5, 5.41) is 2.75. The van der Waals surface area contributed by atoms with Crippen molar-refractivity contribution in [3.05, 3.63) is 11.6 Å². The summed E-state index contributed by atoms with van der Waals surface area (Å²) in [6.45, 7) is 4.75. The maximum atomic E-state index is 12.2. The number of rotatable bonds is 3. The first-order chi connectivity index (χ1) is 9.09. The van der Waals surface area contributed by atoms with Crippen molar-refractivity contribution in [3.63, 3.8) is 0 Å². The molecule has 1 saturated carbocycles. The lowest BCUT2D eigenvalue weighted by Crippen LogP contribution is -2.61. The summed E-state index contributed by atoms with van der Waals surface area (Å²) in [5.41, 5.74) is 1.18. The van der Waals surface area contributed by atoms with Gasteiger partial charge in [-0.1, -0.05) is 30.9 Å². The van der Waals surface area contributed by atoms with Crippen LogP contribution in [-0.4, -0.2) is 35.8 Å². The van der Waals surface area contributed by atoms with Crippen molar-refractivity contribution >= 4 is 11.8 Å². The van der Waals surface area contributed by atoms with Crippen LogP contribution in [0.2, 0.25) is 0 Å². The molecular weight excluding hydrogens is 240 g/mol. The van der Waals surface area contributed by atoms with E-state index in [1.54, 1.807) is 4.90 Å². The van der Waals surface area contributed by atoms with Crippen molar-refractivity contribution in [3.8, 4) is 0 Å². The summed E-state index contributed by atoms with van der Waals surface area (Å²) < 4.78 is 0. The Hall–Kier alpha value is -1.32. The van der Waals surface area contributed by atoms with Crippen LogP contribution >= 0.6 is 0 Å². The smallest absolute Gasteiger partial charge is 0.243 e. The molecule has 1 N–H and O–H groups in total. The maximum Gasteiger partial charge on any atom is 0.243 e. The van der Waals surface area contributed by atoms with Crippen LogP contribution in [0.4, 0.5) is 0 Å². The molecule has 1 unspecified atom stereocenters. The number of nitrogens with one attached hydrogen (secondary N) is 1. The standard InChI is InChI=1S/C15H24N2O2/c1-11(2)8-9-17-13(18)10-16-15(19)14(17)12-6-4-3-5-7-12/h8,12,14H,3-7,9-10H2,1-2H3,(H,16,19). The molecule has 4 nitrogen and oxygen atoms in total. The van der Waals surface area contributed by atoms with E-state index in [2.05, 4.69) is 5.32 Å². The predicted molar refractivity (Wildman–Crippen MR) is 74.5 cm³/mol. The minimum absolute atomic E-state index is 0.0358. The molecule has 0 radical (unpaired) electrons. The first kappa shape index (κ1) is 14.1. The highest BCUT2D eigenvalue weighted by Gasteiger charge is 2.39. The van der Waals surface area contributed by atoms with E-state index in [9.17, 15) is 9.59 Å². The third-order valence-corrected chi connectivity index (χ3v) is 4.13. The molecule has 0 bridgehead atoms. The summed E-state index contributed by atoms with van der Waals surface area (Å²) >= 11 is 0. The first-order valence-corrected chi connectivity index (χ1v) is 7.30. The van der Waals surface area contributed by atoms with E-state index in [1.807, 2.05) is 19.9 Å². The molecular formula is C15H24N2O2. The topological polar surface area (TPSA) is 49.4 Å². The summed E-state index contributed by atoms with van der Waals surface area (Å²) in [6, 6.07) is -0.253. The summed E-state index contributed by atoms with van der Waals surface area (Å²) in [7, 11) is 0. The Bertz CT molecular complexity index is 380. The second-order valence-corrected chi connectivity index (χ2v) is 5.89. The van der Waals surface area contributed by atoms with Crippen LogP contribution < -0.4 is 5.32 Å². The number of piperazine rings is 1. The van der Waals surface area contributed by atoms with Gasteiger partial charge in [0.1, 0.15) is 6.04 Å². The monoisotopic (exact) mass is 264 g/mol. The number of hydrogen-bond acceptors (Lipinski definition) is 2. The molecule has 19 heavy (non-hydrogen) atoms. The van der Waals surface area contributed by atoms with E-state index in [0.717, 1.165) is 12.8 Å². The molecule has 2 fully saturated rings. The summed E-state index contributed by atoms with van der Waals surface area (Å²) in [4.78, 5) is 26.0. The minimum Gasteiger partial charge on any atom is -0.345 e. The molecule has 2 rings (SSSR count). The average Bonchev–Trinajstić information content (AvgIpc) is 2.40. The molecule has 1 heterocycles. The van der Waals surface area contributed by atoms with Crippen molar-refractivity contribution in [2.24, 2.45) is 5.92 Å². The van der Waals surface area contributed by atoms with Gasteiger partial charge in [0.05, 0.1) is 6.54 Å². The Morgan fingerprint density at radius 2 is 1.95 bits per heavy atom. The molecule has 1 aliphatic heterocycles. The lowest BCUT2D eigenvalue weighted by molar-refractivity contribution is -0.147. The third-order valence-electron chi connectivity index (χ3n) is 4.13. The minimum atomic E-state index is -0.253. The van der Waals surface area contributed by atoms with E-state index < -0.39 is 0 Å². The van der Waals surface area contributed by atoms with E-state index in [0.29, 0.717) is 12.5 Å². The highest BCUT2D eigenvalue weighted by molar-refractivity contribution is 5.95. The van der Waals surface area contributed by atoms with Gasteiger partial charge < -0.3 is 10.2 Å². The normalized spacial score (nSPS) is 25.2. The van der Waals surface area contributed by atoms with E-state index in [1.165, 1.54) is 24.8 Å². The molecule has 1 saturated heterocycles. The van der Waals surface area contributed by atoms with Gasteiger partial charge in [0.25, 0.3) is 0 Å². The Morgan fingerprint density at radius 3 is 2.58 bits per heavy atom. The van der Waals surface area contributed by atoms with Crippen LogP contribution in [0.15, 0.2) is 11.6 Å². The summed E-state index contributed by atoms with van der Waals surface area (Å²) in [6.07, 6.45) is 7.78. The number of carbonyl (C=O) groups is 2. The number of carbonyl (C=O) groups excluding carboxylic acids is 2. The van der Waals surface area contributed by atoms with Crippen LogP contribution in [0.5, 0.6) is 0 Å². The van der Waals surface area contributed by atoms with Gasteiger partial charge in [0.2, 0.25) is 11.8 Å². The highest BCUT2D eigenvalue weighted by Crippen LogP contribution is 2.30. The van der Waals surface area contributed by atoms with Crippen LogP contribution in [0, 0.1) is 5.92 Å². The van der Waals surface area contributed by atoms with Crippen molar-refractivity contribution in [1.29, 1.82) is 0 Å². The molecule has 1 atom stereocenters. The molecule has 2 amide bonds. The Morgan fingerprint density at radius 1 is 1.26 bits per heavy atom. The van der Waals surface area contributed by atoms with Crippen molar-refractivity contribution in [2.75, 3.05) is 13.1 Å². The molecule has 1 aliphatic carbocycles. The lowest BCUT2D eigenvalue weighted by atomic mass is 9.82. The van der Waals surface area contributed by atoms with Crippen LogP contribution in [0.25, 0.3) is 0 Å². The van der Waals surface area contributed by atoms with E-state index in [4.69, 9.17) is 0 Å². The molecule has 0 aromatic rings. The first-order valence-electron chi connectivity index (χ1n) is 7.30. The van der Waals surface area contributed by atoms with Crippen LogP contribution in [0.1, 0.15) is 46.0 Å². The zero-order chi connectivity index (χ0) is 13.8. The summed E-state index contributed by atoms with van der Waals surface area (Å²) in [5.74, 6) is 0.421. The van der Waals surface area contributed by atoms with Crippen LogP contribution in [-0.2, 0) is 9.59 Å². The fraction of sp³-hybridized carbons (Fsp3) is 0.733. The van der Waals surface area contributed by atoms with Crippen LogP contribution in [0.3, 0.4) is 0 Å². The Kier molecular flexibility index (Phi) is 4.61. The fourth-order valence-corrected chi connectivity index (χ4v) is 3.08. The largest absolute Gasteiger partial charge is 0.345 e. The number of nitrogens with zero attached hydrogens (tertiary/aromatic N) is 1. The van der Waals surface area contributed by atoms with E-state index in [-0.39, 0.29) is 24.4 Å². The number of allylic oxidation sites excluding steroid dienone is 1. The lowest BCUT2D eigenvalue weighted by Gasteiger charge is -2.40. The molecule has 0 aromatic heterocycles. The zero-order valence-corrected chi connectivity index (χ0v) is 11.9. The molecule has 0 spiro atoms. The second-order valence-electron chi connectivity index (χ2n) is 5.89. The predicted octanol–water partition coefficient (Wildman–Crippen LogP) is 1.86. The van der Waals surface area contributed by atoms with Crippen molar-refractivity contribution < 1.29 is 9.59 Å². The maximum absolute atomic E-state index is 12.2. The molecule has 0 aromatic carbocycles. The molecule has 2 aliphatic rings. The number of amides is 2. The average molecular weight is 264 g/mol. The van der Waals surface area contributed by atoms with E-state index >= 15 is 0 Å². The van der Waals surface area contributed by atoms with Gasteiger partial charge in [-0.3, -0.25) is 9.59 Å². The van der Waals surface area contributed by atoms with Gasteiger partial charge in [0, 0.05) is 6.54 Å². The van der Waals surface area contributed by atoms with Crippen molar-refractivity contribution in [2.45, 2.75) is 52.0 Å². The van der Waals surface area contributed by atoms with Crippen molar-refractivity contribution in [1.82, 2.24) is 10.2 Å². The van der Waals surface area contributed by atoms with Gasteiger partial charge >= 0.3 is 0 Å². The van der Waals surface area contributed by atoms with Gasteiger partial charge in [0.15, 0.2) is 0 Å².